The van der Waals surface area contributed by atoms with Gasteiger partial charge in [-0.05, 0) is 25.1 Å². The molecule has 90 valence electrons. The molecule has 2 heterocycles. The average molecular weight is 221 g/mol. The summed E-state index contributed by atoms with van der Waals surface area (Å²) in [6.45, 7) is 9.30. The Morgan fingerprint density at radius 3 is 2.38 bits per heavy atom. The van der Waals surface area contributed by atoms with Crippen LogP contribution in [0.4, 0.5) is 0 Å². The monoisotopic (exact) mass is 221 g/mol. The van der Waals surface area contributed by atoms with Gasteiger partial charge < -0.3 is 5.32 Å². The Labute approximate surface area is 98.9 Å². The zero-order valence-electron chi connectivity index (χ0n) is 10.4. The number of nitrogens with one attached hydrogen (secondary N) is 1. The number of aromatic nitrogens is 1. The Bertz CT molecular complexity index is 212. The molecule has 1 aliphatic heterocycles. The van der Waals surface area contributed by atoms with Crippen LogP contribution in [0.1, 0.15) is 20.3 Å². The maximum absolute atomic E-state index is 3.78. The first-order chi connectivity index (χ1) is 7.88. The van der Waals surface area contributed by atoms with Crippen LogP contribution < -0.4 is 5.32 Å². The van der Waals surface area contributed by atoms with Crippen molar-refractivity contribution in [2.45, 2.75) is 26.3 Å². The molecular weight excluding hydrogens is 198 g/mol. The molecule has 1 atom stereocenters. The van der Waals surface area contributed by atoms with Crippen molar-refractivity contribution in [3.05, 3.63) is 30.6 Å². The fourth-order valence-electron chi connectivity index (χ4n) is 1.93. The highest BCUT2D eigenvalue weighted by Gasteiger charge is 2.17. The molecule has 0 aliphatic carbocycles. The molecule has 1 aliphatic rings. The summed E-state index contributed by atoms with van der Waals surface area (Å²) in [6.07, 6.45) is 4.78. The number of hydrogen-bond acceptors (Lipinski definition) is 3. The number of nitrogens with zero attached hydrogens (tertiary/aromatic N) is 2. The average Bonchev–Trinajstić information content (AvgIpc) is 2.41. The van der Waals surface area contributed by atoms with Crippen LogP contribution in [-0.2, 0) is 0 Å². The third kappa shape index (κ3) is 4.73. The molecule has 0 bridgehead atoms. The molecular formula is C13H23N3. The van der Waals surface area contributed by atoms with Gasteiger partial charge in [0.25, 0.3) is 0 Å². The quantitative estimate of drug-likeness (QED) is 0.825. The van der Waals surface area contributed by atoms with E-state index in [4.69, 9.17) is 0 Å². The summed E-state index contributed by atoms with van der Waals surface area (Å²) in [5.74, 6) is 0. The molecule has 3 heteroatoms. The third-order valence-corrected chi connectivity index (χ3v) is 2.92. The lowest BCUT2D eigenvalue weighted by molar-refractivity contribution is 0.165. The van der Waals surface area contributed by atoms with Crippen molar-refractivity contribution in [2.24, 2.45) is 0 Å². The predicted molar refractivity (Wildman–Crippen MR) is 68.4 cm³/mol. The van der Waals surface area contributed by atoms with Gasteiger partial charge in [0.2, 0.25) is 0 Å². The Morgan fingerprint density at radius 1 is 1.25 bits per heavy atom. The molecule has 3 nitrogen and oxygen atoms in total. The minimum atomic E-state index is 0.791. The van der Waals surface area contributed by atoms with E-state index in [1.54, 1.807) is 12.4 Å². The summed E-state index contributed by atoms with van der Waals surface area (Å²) in [5, 5.41) is 3.41. The first kappa shape index (κ1) is 13.1. The van der Waals surface area contributed by atoms with Crippen LogP contribution in [-0.4, -0.2) is 42.1 Å². The lowest BCUT2D eigenvalue weighted by Gasteiger charge is -2.34. The van der Waals surface area contributed by atoms with Gasteiger partial charge in [-0.25, -0.2) is 0 Å². The molecule has 1 saturated heterocycles. The van der Waals surface area contributed by atoms with Crippen molar-refractivity contribution in [1.82, 2.24) is 15.2 Å². The molecule has 1 aromatic heterocycles. The van der Waals surface area contributed by atoms with Gasteiger partial charge in [-0.3, -0.25) is 9.88 Å². The molecule has 1 N–H and O–H groups in total. The van der Waals surface area contributed by atoms with E-state index < -0.39 is 0 Å². The normalized spacial score (nSPS) is 21.0. The van der Waals surface area contributed by atoms with Crippen molar-refractivity contribution in [2.75, 3.05) is 26.2 Å². The van der Waals surface area contributed by atoms with Gasteiger partial charge in [0.05, 0.1) is 0 Å². The minimum Gasteiger partial charge on any atom is -0.314 e. The Morgan fingerprint density at radius 2 is 2.00 bits per heavy atom. The van der Waals surface area contributed by atoms with Gasteiger partial charge in [0, 0.05) is 38.1 Å². The Hall–Kier alpha value is -0.930. The molecule has 0 spiro atoms. The van der Waals surface area contributed by atoms with Gasteiger partial charge in [-0.1, -0.05) is 19.9 Å². The van der Waals surface area contributed by atoms with E-state index in [2.05, 4.69) is 29.0 Å². The molecule has 0 amide bonds. The van der Waals surface area contributed by atoms with E-state index in [0.29, 0.717) is 0 Å². The second-order valence-corrected chi connectivity index (χ2v) is 3.92. The topological polar surface area (TPSA) is 28.2 Å². The fraction of sp³-hybridized carbons (Fsp3) is 0.615. The van der Waals surface area contributed by atoms with E-state index in [0.717, 1.165) is 6.04 Å². The van der Waals surface area contributed by atoms with Crippen molar-refractivity contribution in [3.63, 3.8) is 0 Å². The number of likely N-dealkylation sites (N-methyl/N-ethyl adjacent to an activating group) is 1. The second kappa shape index (κ2) is 8.25. The molecule has 16 heavy (non-hydrogen) atoms. The maximum Gasteiger partial charge on any atom is 0.0267 e. The Kier molecular flexibility index (Phi) is 6.77. The minimum absolute atomic E-state index is 0.791. The fourth-order valence-corrected chi connectivity index (χ4v) is 1.93. The molecule has 1 aromatic rings. The molecule has 1 unspecified atom stereocenters. The standard InChI is InChI=1S/C8H18N2.C5H5N/c1-3-8-7-9-5-6-10(8)4-2;1-2-4-6-5-3-1/h8-9H,3-7H2,1-2H3;1-5H. The highest BCUT2D eigenvalue weighted by Crippen LogP contribution is 2.05. The first-order valence-corrected chi connectivity index (χ1v) is 6.18. The smallest absolute Gasteiger partial charge is 0.0267 e. The Balaban J connectivity index is 0.000000181. The van der Waals surface area contributed by atoms with Crippen molar-refractivity contribution in [3.8, 4) is 0 Å². The second-order valence-electron chi connectivity index (χ2n) is 3.92. The molecule has 0 aromatic carbocycles. The van der Waals surface area contributed by atoms with Crippen LogP contribution in [0.15, 0.2) is 30.6 Å². The number of piperazine rings is 1. The van der Waals surface area contributed by atoms with Gasteiger partial charge in [-0.15, -0.1) is 0 Å². The third-order valence-electron chi connectivity index (χ3n) is 2.92. The summed E-state index contributed by atoms with van der Waals surface area (Å²) < 4.78 is 0. The molecule has 0 radical (unpaired) electrons. The van der Waals surface area contributed by atoms with Crippen LogP contribution in [0.25, 0.3) is 0 Å². The summed E-state index contributed by atoms with van der Waals surface area (Å²) in [5.41, 5.74) is 0. The number of hydrogen-bond donors (Lipinski definition) is 1. The largest absolute Gasteiger partial charge is 0.314 e. The van der Waals surface area contributed by atoms with Gasteiger partial charge in [0.1, 0.15) is 0 Å². The lowest BCUT2D eigenvalue weighted by Crippen LogP contribution is -2.50. The van der Waals surface area contributed by atoms with Gasteiger partial charge in [0.15, 0.2) is 0 Å². The van der Waals surface area contributed by atoms with E-state index in [-0.39, 0.29) is 0 Å². The van der Waals surface area contributed by atoms with E-state index in [1.807, 2.05) is 18.2 Å². The van der Waals surface area contributed by atoms with Crippen LogP contribution in [0.2, 0.25) is 0 Å². The summed E-state index contributed by atoms with van der Waals surface area (Å²) >= 11 is 0. The van der Waals surface area contributed by atoms with Crippen molar-refractivity contribution in [1.29, 1.82) is 0 Å². The van der Waals surface area contributed by atoms with E-state index >= 15 is 0 Å². The lowest BCUT2D eigenvalue weighted by atomic mass is 10.1. The van der Waals surface area contributed by atoms with E-state index in [1.165, 1.54) is 32.6 Å². The molecule has 0 saturated carbocycles. The number of pyridine rings is 1. The summed E-state index contributed by atoms with van der Waals surface area (Å²) in [6, 6.07) is 6.51. The zero-order valence-corrected chi connectivity index (χ0v) is 10.4. The molecule has 1 fully saturated rings. The summed E-state index contributed by atoms with van der Waals surface area (Å²) in [7, 11) is 0. The zero-order chi connectivity index (χ0) is 11.6. The van der Waals surface area contributed by atoms with Crippen LogP contribution in [0, 0.1) is 0 Å². The SMILES string of the molecule is CCC1CNCCN1CC.c1ccncc1. The first-order valence-electron chi connectivity index (χ1n) is 6.18. The van der Waals surface area contributed by atoms with Gasteiger partial charge in [-0.2, -0.15) is 0 Å². The predicted octanol–water partition coefficient (Wildman–Crippen LogP) is 1.77. The number of rotatable bonds is 2. The van der Waals surface area contributed by atoms with Crippen molar-refractivity contribution >= 4 is 0 Å². The highest BCUT2D eigenvalue weighted by atomic mass is 15.2. The highest BCUT2D eigenvalue weighted by molar-refractivity contribution is 4.88. The van der Waals surface area contributed by atoms with Gasteiger partial charge >= 0.3 is 0 Å². The maximum atomic E-state index is 3.78. The van der Waals surface area contributed by atoms with Crippen molar-refractivity contribution < 1.29 is 0 Å². The van der Waals surface area contributed by atoms with Crippen LogP contribution in [0.5, 0.6) is 0 Å². The van der Waals surface area contributed by atoms with Crippen LogP contribution >= 0.6 is 0 Å². The summed E-state index contributed by atoms with van der Waals surface area (Å²) in [4.78, 5) is 6.34. The molecule has 2 rings (SSSR count). The van der Waals surface area contributed by atoms with Crippen LogP contribution in [0.3, 0.4) is 0 Å². The van der Waals surface area contributed by atoms with E-state index in [9.17, 15) is 0 Å².